The molecule has 1 atom stereocenters. The van der Waals surface area contributed by atoms with Crippen molar-refractivity contribution in [1.82, 2.24) is 10.2 Å². The molecule has 2 N–H and O–H groups in total. The van der Waals surface area contributed by atoms with Crippen LogP contribution >= 0.6 is 0 Å². The molecule has 1 fully saturated rings. The van der Waals surface area contributed by atoms with Gasteiger partial charge in [-0.1, -0.05) is 6.07 Å². The molecular weight excluding hydrogens is 280 g/mol. The highest BCUT2D eigenvalue weighted by molar-refractivity contribution is 5.77. The van der Waals surface area contributed by atoms with Gasteiger partial charge in [0.25, 0.3) is 0 Å². The van der Waals surface area contributed by atoms with Crippen LogP contribution in [0.2, 0.25) is 0 Å². The molecule has 0 spiro atoms. The molecule has 0 radical (unpaired) electrons. The van der Waals surface area contributed by atoms with E-state index >= 15 is 0 Å². The molecule has 1 amide bonds. The number of amides is 1. The number of aliphatic hydroxyl groups is 1. The second kappa shape index (κ2) is 7.11. The third-order valence-electron chi connectivity index (χ3n) is 4.27. The zero-order valence-corrected chi connectivity index (χ0v) is 13.7. The number of carbonyl (C=O) groups excluding carboxylic acids is 1. The summed E-state index contributed by atoms with van der Waals surface area (Å²) < 4.78 is 5.79. The summed E-state index contributed by atoms with van der Waals surface area (Å²) in [5, 5.41) is 13.3. The van der Waals surface area contributed by atoms with Crippen molar-refractivity contribution in [1.29, 1.82) is 0 Å². The second-order valence-corrected chi connectivity index (χ2v) is 6.25. The molecule has 0 aliphatic carbocycles. The third-order valence-corrected chi connectivity index (χ3v) is 4.27. The Balaban J connectivity index is 1.92. The number of nitrogens with one attached hydrogen (secondary N) is 1. The summed E-state index contributed by atoms with van der Waals surface area (Å²) in [6.07, 6.45) is 1.56. The highest BCUT2D eigenvalue weighted by Crippen LogP contribution is 2.23. The van der Waals surface area contributed by atoms with Crippen LogP contribution in [0.25, 0.3) is 0 Å². The molecule has 5 heteroatoms. The van der Waals surface area contributed by atoms with Crippen LogP contribution in [-0.4, -0.2) is 54.8 Å². The van der Waals surface area contributed by atoms with Crippen LogP contribution in [0.5, 0.6) is 5.75 Å². The number of carbonyl (C=O) groups is 1. The number of β-amino-alcohol motifs (C(OH)–C–C–N with tert-alkyl or cyclic N) is 1. The maximum atomic E-state index is 11.5. The number of likely N-dealkylation sites (tertiary alicyclic amines) is 1. The van der Waals surface area contributed by atoms with Gasteiger partial charge in [0.15, 0.2) is 0 Å². The zero-order valence-electron chi connectivity index (χ0n) is 13.7. The van der Waals surface area contributed by atoms with Crippen LogP contribution in [0.3, 0.4) is 0 Å². The number of hydrogen-bond donors (Lipinski definition) is 2. The summed E-state index contributed by atoms with van der Waals surface area (Å²) >= 11 is 0. The van der Waals surface area contributed by atoms with Crippen molar-refractivity contribution >= 4 is 5.91 Å². The molecule has 1 heterocycles. The Morgan fingerprint density at radius 2 is 2.18 bits per heavy atom. The van der Waals surface area contributed by atoms with Crippen molar-refractivity contribution < 1.29 is 14.6 Å². The predicted octanol–water partition coefficient (Wildman–Crippen LogP) is 1.26. The average Bonchev–Trinajstić information content (AvgIpc) is 2.48. The van der Waals surface area contributed by atoms with E-state index in [9.17, 15) is 9.90 Å². The first-order valence-corrected chi connectivity index (χ1v) is 7.77. The van der Waals surface area contributed by atoms with E-state index in [1.807, 2.05) is 30.0 Å². The van der Waals surface area contributed by atoms with E-state index in [1.165, 1.54) is 11.1 Å². The fourth-order valence-corrected chi connectivity index (χ4v) is 2.76. The van der Waals surface area contributed by atoms with Crippen molar-refractivity contribution in [3.05, 3.63) is 29.3 Å². The topological polar surface area (TPSA) is 61.8 Å². The summed E-state index contributed by atoms with van der Waals surface area (Å²) in [7, 11) is 1.63. The summed E-state index contributed by atoms with van der Waals surface area (Å²) in [6.45, 7) is 5.97. The number of ether oxygens (including phenoxy) is 1. The molecule has 0 bridgehead atoms. The Morgan fingerprint density at radius 1 is 1.41 bits per heavy atom. The minimum Gasteiger partial charge on any atom is -0.491 e. The van der Waals surface area contributed by atoms with E-state index < -0.39 is 5.60 Å². The Labute approximate surface area is 132 Å². The van der Waals surface area contributed by atoms with Crippen LogP contribution in [0, 0.1) is 13.8 Å². The number of likely N-dealkylation sites (N-methyl/N-ethyl adjacent to an activating group) is 1. The molecule has 1 aromatic rings. The molecule has 2 rings (SSSR count). The smallest absolute Gasteiger partial charge is 0.233 e. The highest BCUT2D eigenvalue weighted by atomic mass is 16.5. The van der Waals surface area contributed by atoms with Gasteiger partial charge < -0.3 is 15.2 Å². The Morgan fingerprint density at radius 3 is 2.86 bits per heavy atom. The van der Waals surface area contributed by atoms with Crippen LogP contribution in [-0.2, 0) is 4.79 Å². The van der Waals surface area contributed by atoms with E-state index in [-0.39, 0.29) is 12.5 Å². The summed E-state index contributed by atoms with van der Waals surface area (Å²) in [5.41, 5.74) is 1.50. The normalized spacial score (nSPS) is 22.4. The molecule has 0 saturated carbocycles. The van der Waals surface area contributed by atoms with Gasteiger partial charge in [-0.15, -0.1) is 0 Å². The lowest BCUT2D eigenvalue weighted by Crippen LogP contribution is -2.53. The van der Waals surface area contributed by atoms with Crippen LogP contribution in [0.1, 0.15) is 24.0 Å². The average molecular weight is 306 g/mol. The lowest BCUT2D eigenvalue weighted by Gasteiger charge is -2.38. The van der Waals surface area contributed by atoms with Gasteiger partial charge in [-0.25, -0.2) is 0 Å². The number of nitrogens with zero attached hydrogens (tertiary/aromatic N) is 1. The molecule has 1 aliphatic rings. The number of hydrogen-bond acceptors (Lipinski definition) is 4. The highest BCUT2D eigenvalue weighted by Gasteiger charge is 2.34. The molecule has 22 heavy (non-hydrogen) atoms. The number of rotatable bonds is 5. The van der Waals surface area contributed by atoms with Gasteiger partial charge in [0.1, 0.15) is 18.0 Å². The summed E-state index contributed by atoms with van der Waals surface area (Å²) in [5.74, 6) is 0.749. The lowest BCUT2D eigenvalue weighted by molar-refractivity contribution is -0.124. The van der Waals surface area contributed by atoms with Crippen LogP contribution in [0.4, 0.5) is 0 Å². The molecule has 1 unspecified atom stereocenters. The van der Waals surface area contributed by atoms with E-state index in [4.69, 9.17) is 4.74 Å². The second-order valence-electron chi connectivity index (χ2n) is 6.25. The first-order valence-electron chi connectivity index (χ1n) is 7.77. The predicted molar refractivity (Wildman–Crippen MR) is 86.1 cm³/mol. The minimum atomic E-state index is -0.898. The maximum Gasteiger partial charge on any atom is 0.233 e. The van der Waals surface area contributed by atoms with Crippen molar-refractivity contribution in [2.75, 3.05) is 33.3 Å². The zero-order chi connectivity index (χ0) is 16.2. The molecule has 0 aromatic heterocycles. The Bertz CT molecular complexity index is 533. The van der Waals surface area contributed by atoms with E-state index in [0.29, 0.717) is 19.5 Å². The van der Waals surface area contributed by atoms with Gasteiger partial charge in [-0.3, -0.25) is 9.69 Å². The largest absolute Gasteiger partial charge is 0.491 e. The molecule has 5 nitrogen and oxygen atoms in total. The fourth-order valence-electron chi connectivity index (χ4n) is 2.76. The van der Waals surface area contributed by atoms with Crippen molar-refractivity contribution in [3.63, 3.8) is 0 Å². The van der Waals surface area contributed by atoms with Crippen molar-refractivity contribution in [2.45, 2.75) is 32.3 Å². The Kier molecular flexibility index (Phi) is 5.42. The maximum absolute atomic E-state index is 11.5. The molecular formula is C17H26N2O3. The van der Waals surface area contributed by atoms with Gasteiger partial charge in [-0.05, 0) is 56.5 Å². The first kappa shape index (κ1) is 16.8. The molecule has 1 aromatic carbocycles. The van der Waals surface area contributed by atoms with Gasteiger partial charge in [-0.2, -0.15) is 0 Å². The van der Waals surface area contributed by atoms with Gasteiger partial charge >= 0.3 is 0 Å². The van der Waals surface area contributed by atoms with Crippen molar-refractivity contribution in [3.8, 4) is 5.75 Å². The number of piperidine rings is 1. The van der Waals surface area contributed by atoms with E-state index in [2.05, 4.69) is 12.2 Å². The fraction of sp³-hybridized carbons (Fsp3) is 0.588. The third kappa shape index (κ3) is 4.45. The summed E-state index contributed by atoms with van der Waals surface area (Å²) in [4.78, 5) is 13.5. The van der Waals surface area contributed by atoms with Crippen LogP contribution < -0.4 is 10.1 Å². The van der Waals surface area contributed by atoms with Crippen molar-refractivity contribution in [2.24, 2.45) is 0 Å². The SMILES string of the molecule is CNC(=O)CN1CCCC(O)(COc2ccc(C)c(C)c2)C1. The first-order chi connectivity index (χ1) is 10.4. The monoisotopic (exact) mass is 306 g/mol. The lowest BCUT2D eigenvalue weighted by atomic mass is 9.93. The summed E-state index contributed by atoms with van der Waals surface area (Å²) in [6, 6.07) is 5.94. The number of benzene rings is 1. The minimum absolute atomic E-state index is 0.0284. The van der Waals surface area contributed by atoms with Crippen LogP contribution in [0.15, 0.2) is 18.2 Å². The molecule has 122 valence electrons. The number of aryl methyl sites for hydroxylation is 2. The molecule has 1 saturated heterocycles. The van der Waals surface area contributed by atoms with Gasteiger partial charge in [0.2, 0.25) is 5.91 Å². The quantitative estimate of drug-likeness (QED) is 0.859. The standard InChI is InChI=1S/C17H26N2O3/c1-13-5-6-15(9-14(13)2)22-12-17(21)7-4-8-19(11-17)10-16(20)18-3/h5-6,9,21H,4,7-8,10-12H2,1-3H3,(H,18,20). The molecule has 1 aliphatic heterocycles. The van der Waals surface area contributed by atoms with E-state index in [0.717, 1.165) is 18.7 Å². The van der Waals surface area contributed by atoms with Gasteiger partial charge in [0.05, 0.1) is 6.54 Å². The van der Waals surface area contributed by atoms with Gasteiger partial charge in [0, 0.05) is 13.6 Å². The Hall–Kier alpha value is -1.59. The van der Waals surface area contributed by atoms with E-state index in [1.54, 1.807) is 7.05 Å².